The summed E-state index contributed by atoms with van der Waals surface area (Å²) < 4.78 is 31.0. The third kappa shape index (κ3) is 4.47. The lowest BCUT2D eigenvalue weighted by Crippen LogP contribution is -2.44. The number of alkyl halides is 1. The highest BCUT2D eigenvalue weighted by atomic mass is 32.2. The normalized spacial score (nSPS) is 31.8. The Labute approximate surface area is 128 Å². The van der Waals surface area contributed by atoms with Crippen LogP contribution in [0.3, 0.4) is 0 Å². The van der Waals surface area contributed by atoms with Crippen LogP contribution in [-0.2, 0) is 13.9 Å². The molecule has 0 aromatic rings. The van der Waals surface area contributed by atoms with Crippen LogP contribution in [0.2, 0.25) is 18.1 Å². The number of rotatable bonds is 6. The van der Waals surface area contributed by atoms with E-state index in [1.54, 1.807) is 0 Å². The third-order valence-electron chi connectivity index (χ3n) is 4.12. The van der Waals surface area contributed by atoms with Gasteiger partial charge in [0.05, 0.1) is 18.5 Å². The standard InChI is InChI=1S/C13H26BFO3SSi/c1-13(2,3)20(5,6)17-7-9-11(16-8-19-4)10(15)12(14)18-9/h9-12H,7-8H2,1-6H3/t9-,10?,11?,12-/m1/s1. The minimum atomic E-state index is -1.88. The van der Waals surface area contributed by atoms with Gasteiger partial charge in [-0.3, -0.25) is 0 Å². The zero-order valence-electron chi connectivity index (χ0n) is 13.3. The molecule has 0 N–H and O–H groups in total. The van der Waals surface area contributed by atoms with E-state index in [1.807, 2.05) is 6.26 Å². The van der Waals surface area contributed by atoms with Gasteiger partial charge in [-0.15, -0.1) is 11.8 Å². The molecule has 20 heavy (non-hydrogen) atoms. The van der Waals surface area contributed by atoms with E-state index in [9.17, 15) is 4.39 Å². The van der Waals surface area contributed by atoms with Gasteiger partial charge in [0.15, 0.2) is 8.32 Å². The number of thioether (sulfide) groups is 1. The van der Waals surface area contributed by atoms with Gasteiger partial charge in [-0.25, -0.2) is 4.39 Å². The highest BCUT2D eigenvalue weighted by molar-refractivity contribution is 7.98. The van der Waals surface area contributed by atoms with E-state index in [-0.39, 0.29) is 5.04 Å². The van der Waals surface area contributed by atoms with E-state index in [1.165, 1.54) is 11.8 Å². The Morgan fingerprint density at radius 3 is 2.45 bits per heavy atom. The van der Waals surface area contributed by atoms with Crippen molar-refractivity contribution in [1.82, 2.24) is 0 Å². The van der Waals surface area contributed by atoms with Crippen LogP contribution < -0.4 is 0 Å². The van der Waals surface area contributed by atoms with Crippen LogP contribution in [0.15, 0.2) is 0 Å². The van der Waals surface area contributed by atoms with Gasteiger partial charge >= 0.3 is 0 Å². The van der Waals surface area contributed by atoms with Crippen LogP contribution in [0.1, 0.15) is 20.8 Å². The summed E-state index contributed by atoms with van der Waals surface area (Å²) in [5.74, 6) is 0.428. The van der Waals surface area contributed by atoms with Gasteiger partial charge < -0.3 is 13.9 Å². The Kier molecular flexibility index (Phi) is 6.60. The van der Waals surface area contributed by atoms with E-state index in [0.29, 0.717) is 12.5 Å². The Morgan fingerprint density at radius 1 is 1.35 bits per heavy atom. The number of hydrogen-bond donors (Lipinski definition) is 0. The van der Waals surface area contributed by atoms with Gasteiger partial charge in [-0.05, 0) is 24.4 Å². The molecule has 0 aliphatic carbocycles. The molecule has 4 atom stereocenters. The van der Waals surface area contributed by atoms with Gasteiger partial charge in [0, 0.05) is 0 Å². The van der Waals surface area contributed by atoms with Crippen molar-refractivity contribution in [3.8, 4) is 0 Å². The summed E-state index contributed by atoms with van der Waals surface area (Å²) in [6.45, 7) is 11.2. The van der Waals surface area contributed by atoms with E-state index in [2.05, 4.69) is 33.9 Å². The van der Waals surface area contributed by atoms with Crippen LogP contribution in [0.5, 0.6) is 0 Å². The Bertz CT molecular complexity index is 314. The highest BCUT2D eigenvalue weighted by Gasteiger charge is 2.45. The first kappa shape index (κ1) is 18.5. The topological polar surface area (TPSA) is 27.7 Å². The molecule has 2 unspecified atom stereocenters. The lowest BCUT2D eigenvalue weighted by Gasteiger charge is -2.37. The summed E-state index contributed by atoms with van der Waals surface area (Å²) >= 11 is 1.50. The summed E-state index contributed by atoms with van der Waals surface area (Å²) in [6.07, 6.45) is -0.455. The molecule has 2 radical (unpaired) electrons. The first-order chi connectivity index (χ1) is 9.10. The van der Waals surface area contributed by atoms with Gasteiger partial charge in [0.1, 0.15) is 26.2 Å². The lowest BCUT2D eigenvalue weighted by molar-refractivity contribution is -0.0267. The number of hydrogen-bond acceptors (Lipinski definition) is 4. The van der Waals surface area contributed by atoms with E-state index in [4.69, 9.17) is 21.7 Å². The molecule has 0 amide bonds. The van der Waals surface area contributed by atoms with Crippen LogP contribution in [0, 0.1) is 0 Å². The van der Waals surface area contributed by atoms with E-state index < -0.39 is 32.7 Å². The van der Waals surface area contributed by atoms with Crippen molar-refractivity contribution < 1.29 is 18.3 Å². The fourth-order valence-corrected chi connectivity index (χ4v) is 3.04. The minimum Gasteiger partial charge on any atom is -0.414 e. The third-order valence-corrected chi connectivity index (χ3v) is 8.99. The Balaban J connectivity index is 2.61. The molecule has 1 rings (SSSR count). The summed E-state index contributed by atoms with van der Waals surface area (Å²) in [5.41, 5.74) is 0. The lowest BCUT2D eigenvalue weighted by atomic mass is 9.94. The maximum absolute atomic E-state index is 14.0. The summed E-state index contributed by atoms with van der Waals surface area (Å²) in [6, 6.07) is -0.921. The maximum Gasteiger partial charge on any atom is 0.192 e. The first-order valence-corrected chi connectivity index (χ1v) is 11.2. The predicted molar refractivity (Wildman–Crippen MR) is 85.7 cm³/mol. The van der Waals surface area contributed by atoms with Crippen molar-refractivity contribution in [3.63, 3.8) is 0 Å². The largest absolute Gasteiger partial charge is 0.414 e. The summed E-state index contributed by atoms with van der Waals surface area (Å²) in [7, 11) is 3.75. The second-order valence-electron chi connectivity index (χ2n) is 6.69. The molecule has 7 heteroatoms. The van der Waals surface area contributed by atoms with Crippen molar-refractivity contribution in [2.45, 2.75) is 63.3 Å². The molecule has 0 saturated carbocycles. The maximum atomic E-state index is 14.0. The average Bonchev–Trinajstić information content (AvgIpc) is 2.59. The summed E-state index contributed by atoms with van der Waals surface area (Å²) in [5, 5.41) is 0.110. The summed E-state index contributed by atoms with van der Waals surface area (Å²) in [4.78, 5) is 0. The van der Waals surface area contributed by atoms with Gasteiger partial charge in [0.25, 0.3) is 0 Å². The van der Waals surface area contributed by atoms with Crippen molar-refractivity contribution in [1.29, 1.82) is 0 Å². The first-order valence-electron chi connectivity index (χ1n) is 6.90. The second-order valence-corrected chi connectivity index (χ2v) is 12.3. The van der Waals surface area contributed by atoms with Crippen molar-refractivity contribution in [2.75, 3.05) is 18.8 Å². The van der Waals surface area contributed by atoms with Crippen molar-refractivity contribution >= 4 is 27.9 Å². The van der Waals surface area contributed by atoms with Crippen molar-refractivity contribution in [2.24, 2.45) is 0 Å². The molecule has 0 aromatic heterocycles. The fraction of sp³-hybridized carbons (Fsp3) is 1.00. The zero-order valence-corrected chi connectivity index (χ0v) is 15.1. The molecule has 0 aromatic carbocycles. The Morgan fingerprint density at radius 2 is 1.95 bits per heavy atom. The van der Waals surface area contributed by atoms with E-state index in [0.717, 1.165) is 0 Å². The highest BCUT2D eigenvalue weighted by Crippen LogP contribution is 2.37. The quantitative estimate of drug-likeness (QED) is 0.555. The van der Waals surface area contributed by atoms with Gasteiger partial charge in [-0.2, -0.15) is 0 Å². The molecule has 1 saturated heterocycles. The molecule has 1 aliphatic heterocycles. The molecule has 1 heterocycles. The van der Waals surface area contributed by atoms with Gasteiger partial charge in [0.2, 0.25) is 0 Å². The molecule has 1 fully saturated rings. The van der Waals surface area contributed by atoms with Crippen LogP contribution in [0.25, 0.3) is 0 Å². The average molecular weight is 320 g/mol. The van der Waals surface area contributed by atoms with Crippen LogP contribution >= 0.6 is 11.8 Å². The molecule has 0 bridgehead atoms. The smallest absolute Gasteiger partial charge is 0.192 e. The zero-order chi connectivity index (χ0) is 15.6. The number of ether oxygens (including phenoxy) is 2. The van der Waals surface area contributed by atoms with Gasteiger partial charge in [-0.1, -0.05) is 20.8 Å². The second kappa shape index (κ2) is 7.14. The Hall–Kier alpha value is 0.442. The van der Waals surface area contributed by atoms with E-state index >= 15 is 0 Å². The SMILES string of the molecule is [B][C@@H]1O[C@H](CO[Si](C)(C)C(C)(C)C)C(OCSC)C1F. The predicted octanol–water partition coefficient (Wildman–Crippen LogP) is 2.95. The molecule has 3 nitrogen and oxygen atoms in total. The van der Waals surface area contributed by atoms with Crippen LogP contribution in [0.4, 0.5) is 4.39 Å². The molecular formula is C13H26BFO3SSi. The van der Waals surface area contributed by atoms with Crippen LogP contribution in [-0.4, -0.2) is 59.3 Å². The monoisotopic (exact) mass is 320 g/mol. The molecule has 0 spiro atoms. The molecule has 1 aliphatic rings. The fourth-order valence-electron chi connectivity index (χ4n) is 1.73. The number of halogens is 1. The molecular weight excluding hydrogens is 294 g/mol. The molecule has 116 valence electrons. The van der Waals surface area contributed by atoms with Crippen molar-refractivity contribution in [3.05, 3.63) is 0 Å². The minimum absolute atomic E-state index is 0.110.